The van der Waals surface area contributed by atoms with E-state index in [1.54, 1.807) is 9.58 Å². The number of anilines is 1. The van der Waals surface area contributed by atoms with Gasteiger partial charge >= 0.3 is 11.3 Å². The molecule has 2 aromatic carbocycles. The van der Waals surface area contributed by atoms with Crippen LogP contribution in [-0.4, -0.2) is 28.3 Å². The summed E-state index contributed by atoms with van der Waals surface area (Å²) in [5.74, 6) is 0.736. The number of aromatic amines is 1. The fraction of sp³-hybridized carbons (Fsp3) is 0.360. The van der Waals surface area contributed by atoms with Crippen LogP contribution in [0.2, 0.25) is 0 Å². The third-order valence-corrected chi connectivity index (χ3v) is 6.85. The van der Waals surface area contributed by atoms with Crippen molar-refractivity contribution in [3.8, 4) is 17.0 Å². The molecular formula is C25H27N4O3S+. The lowest BCUT2D eigenvalue weighted by molar-refractivity contribution is -0.763. The van der Waals surface area contributed by atoms with Crippen LogP contribution >= 0.6 is 11.8 Å². The van der Waals surface area contributed by atoms with Crippen molar-refractivity contribution in [3.63, 3.8) is 0 Å². The number of carbonyl (C=O) groups excluding carboxylic acids is 1. The molecule has 2 aliphatic rings. The highest BCUT2D eigenvalue weighted by atomic mass is 32.2. The Hall–Kier alpha value is -3.13. The molecule has 1 fully saturated rings. The number of amides is 1. The van der Waals surface area contributed by atoms with Crippen molar-refractivity contribution in [2.45, 2.75) is 56.5 Å². The van der Waals surface area contributed by atoms with Crippen LogP contribution < -0.4 is 19.9 Å². The lowest BCUT2D eigenvalue weighted by atomic mass is 10.0. The summed E-state index contributed by atoms with van der Waals surface area (Å²) in [4.78, 5) is 31.1. The van der Waals surface area contributed by atoms with E-state index in [-0.39, 0.29) is 17.6 Å². The molecule has 0 bridgehead atoms. The van der Waals surface area contributed by atoms with E-state index in [4.69, 9.17) is 9.84 Å². The van der Waals surface area contributed by atoms with Gasteiger partial charge in [0.2, 0.25) is 11.1 Å². The predicted octanol–water partition coefficient (Wildman–Crippen LogP) is 4.07. The summed E-state index contributed by atoms with van der Waals surface area (Å²) in [5.41, 5.74) is 2.46. The summed E-state index contributed by atoms with van der Waals surface area (Å²) in [6.45, 7) is 1.85. The van der Waals surface area contributed by atoms with Crippen molar-refractivity contribution < 1.29 is 14.2 Å². The summed E-state index contributed by atoms with van der Waals surface area (Å²) in [5, 5.41) is 5.23. The molecule has 2 heterocycles. The van der Waals surface area contributed by atoms with Gasteiger partial charge in [0.1, 0.15) is 5.75 Å². The second-order valence-electron chi connectivity index (χ2n) is 8.36. The molecule has 8 heteroatoms. The molecule has 7 nitrogen and oxygen atoms in total. The number of aromatic nitrogens is 3. The van der Waals surface area contributed by atoms with E-state index < -0.39 is 6.17 Å². The van der Waals surface area contributed by atoms with Crippen LogP contribution in [0.4, 0.5) is 5.69 Å². The van der Waals surface area contributed by atoms with E-state index in [1.807, 2.05) is 61.7 Å². The molecule has 5 rings (SSSR count). The zero-order valence-electron chi connectivity index (χ0n) is 18.8. The van der Waals surface area contributed by atoms with Gasteiger partial charge in [-0.1, -0.05) is 36.9 Å². The van der Waals surface area contributed by atoms with Crippen LogP contribution in [0.15, 0.2) is 58.5 Å². The quantitative estimate of drug-likeness (QED) is 0.456. The number of hydrogen-bond acceptors (Lipinski definition) is 5. The van der Waals surface area contributed by atoms with E-state index in [1.165, 1.54) is 24.6 Å². The van der Waals surface area contributed by atoms with Gasteiger partial charge in [-0.25, -0.2) is 4.90 Å². The number of nitrogens with zero attached hydrogens (tertiary/aromatic N) is 3. The zero-order chi connectivity index (χ0) is 22.9. The number of para-hydroxylation sites is 1. The number of thioether (sulfide) groups is 1. The van der Waals surface area contributed by atoms with Crippen LogP contribution in [0.1, 0.15) is 50.8 Å². The molecule has 0 spiro atoms. The average molecular weight is 464 g/mol. The topological polar surface area (TPSA) is 79.2 Å². The zero-order valence-corrected chi connectivity index (χ0v) is 19.6. The molecule has 170 valence electrons. The number of fused-ring (bicyclic) bond motifs is 3. The predicted molar refractivity (Wildman–Crippen MR) is 128 cm³/mol. The number of ether oxygens (including phenoxy) is 1. The lowest BCUT2D eigenvalue weighted by Crippen LogP contribution is -2.60. The number of nitrogens with one attached hydrogen (secondary N) is 1. The molecule has 0 radical (unpaired) electrons. The van der Waals surface area contributed by atoms with Crippen LogP contribution in [0.5, 0.6) is 5.75 Å². The van der Waals surface area contributed by atoms with Gasteiger partial charge in [0, 0.05) is 17.1 Å². The van der Waals surface area contributed by atoms with E-state index in [0.717, 1.165) is 24.2 Å². The normalized spacial score (nSPS) is 17.5. The van der Waals surface area contributed by atoms with Gasteiger partial charge in [-0.05, 0) is 67.0 Å². The Bertz CT molecular complexity index is 1250. The molecule has 1 N–H and O–H groups in total. The Morgan fingerprint density at radius 2 is 2.00 bits per heavy atom. The Morgan fingerprint density at radius 3 is 2.76 bits per heavy atom. The summed E-state index contributed by atoms with van der Waals surface area (Å²) >= 11 is 1.36. The van der Waals surface area contributed by atoms with Crippen LogP contribution in [0.3, 0.4) is 0 Å². The molecule has 3 aromatic rings. The highest BCUT2D eigenvalue weighted by molar-refractivity contribution is 7.98. The number of benzene rings is 2. The molecule has 0 saturated heterocycles. The molecule has 1 amide bonds. The van der Waals surface area contributed by atoms with Crippen LogP contribution in [0.25, 0.3) is 11.3 Å². The first kappa shape index (κ1) is 21.7. The number of H-pyrrole nitrogens is 1. The van der Waals surface area contributed by atoms with Gasteiger partial charge in [-0.2, -0.15) is 0 Å². The molecule has 33 heavy (non-hydrogen) atoms. The average Bonchev–Trinajstić information content (AvgIpc) is 3.35. The van der Waals surface area contributed by atoms with Gasteiger partial charge in [-0.15, -0.1) is 0 Å². The summed E-state index contributed by atoms with van der Waals surface area (Å²) in [6.07, 6.45) is 6.33. The first-order chi connectivity index (χ1) is 16.1. The van der Waals surface area contributed by atoms with E-state index in [2.05, 4.69) is 4.98 Å². The van der Waals surface area contributed by atoms with E-state index in [0.29, 0.717) is 28.5 Å². The smallest absolute Gasteiger partial charge is 0.325 e. The number of carbonyl (C=O) groups is 1. The maximum Gasteiger partial charge on any atom is 0.325 e. The fourth-order valence-electron chi connectivity index (χ4n) is 4.75. The van der Waals surface area contributed by atoms with Crippen molar-refractivity contribution in [2.75, 3.05) is 11.2 Å². The fourth-order valence-corrected chi connectivity index (χ4v) is 5.12. The highest BCUT2D eigenvalue weighted by Crippen LogP contribution is 2.38. The van der Waals surface area contributed by atoms with E-state index >= 15 is 0 Å². The van der Waals surface area contributed by atoms with Crippen LogP contribution in [-0.2, 0) is 4.79 Å². The second kappa shape index (κ2) is 9.02. The monoisotopic (exact) mass is 463 g/mol. The first-order valence-corrected chi connectivity index (χ1v) is 12.6. The number of rotatable bonds is 5. The van der Waals surface area contributed by atoms with Crippen molar-refractivity contribution in [1.29, 1.82) is 0 Å². The van der Waals surface area contributed by atoms with Gasteiger partial charge in [-0.3, -0.25) is 14.6 Å². The summed E-state index contributed by atoms with van der Waals surface area (Å²) in [6, 6.07) is 15.4. The SMILES string of the molecule is CCC(=O)N1c2ccccc2-c2c(=O)[nH]c(SC)n[n+]2[C@@H]1c1cccc(OC2CCCC2)c1. The molecular weight excluding hydrogens is 436 g/mol. The van der Waals surface area contributed by atoms with Gasteiger partial charge in [0.05, 0.1) is 17.4 Å². The molecule has 1 aromatic heterocycles. The molecule has 1 aliphatic carbocycles. The van der Waals surface area contributed by atoms with Crippen molar-refractivity contribution in [1.82, 2.24) is 10.1 Å². The third-order valence-electron chi connectivity index (χ3n) is 6.28. The summed E-state index contributed by atoms with van der Waals surface area (Å²) in [7, 11) is 0. The van der Waals surface area contributed by atoms with Crippen molar-refractivity contribution in [3.05, 3.63) is 64.4 Å². The Labute approximate surface area is 196 Å². The standard InChI is InChI=1S/C25H26N4O3S/c1-3-21(30)28-20-14-7-6-13-19(20)22-23(31)26-25(33-2)27-29(22)24(28)16-9-8-12-18(15-16)32-17-10-4-5-11-17/h6-9,12-15,17,24H,3-5,10-11H2,1-2H3/p+1/t24-/m1/s1. The lowest BCUT2D eigenvalue weighted by Gasteiger charge is -2.32. The Balaban J connectivity index is 1.71. The van der Waals surface area contributed by atoms with Crippen molar-refractivity contribution >= 4 is 23.4 Å². The highest BCUT2D eigenvalue weighted by Gasteiger charge is 2.45. The second-order valence-corrected chi connectivity index (χ2v) is 9.16. The maximum absolute atomic E-state index is 13.3. The largest absolute Gasteiger partial charge is 0.490 e. The summed E-state index contributed by atoms with van der Waals surface area (Å²) < 4.78 is 7.94. The van der Waals surface area contributed by atoms with E-state index in [9.17, 15) is 9.59 Å². The minimum Gasteiger partial charge on any atom is -0.490 e. The van der Waals surface area contributed by atoms with Crippen LogP contribution in [0, 0.1) is 0 Å². The minimum absolute atomic E-state index is 0.0412. The molecule has 1 saturated carbocycles. The molecule has 0 unspecified atom stereocenters. The van der Waals surface area contributed by atoms with Gasteiger partial charge in [0.15, 0.2) is 0 Å². The molecule has 1 atom stereocenters. The first-order valence-electron chi connectivity index (χ1n) is 11.4. The Morgan fingerprint density at radius 1 is 1.21 bits per heavy atom. The minimum atomic E-state index is -0.595. The third kappa shape index (κ3) is 3.93. The number of hydrogen-bond donors (Lipinski definition) is 1. The Kier molecular flexibility index (Phi) is 5.93. The van der Waals surface area contributed by atoms with Crippen molar-refractivity contribution in [2.24, 2.45) is 0 Å². The molecule has 1 aliphatic heterocycles. The maximum atomic E-state index is 13.3. The van der Waals surface area contributed by atoms with Gasteiger partial charge < -0.3 is 4.74 Å². The van der Waals surface area contributed by atoms with Gasteiger partial charge in [0.25, 0.3) is 6.17 Å².